The van der Waals surface area contributed by atoms with E-state index in [9.17, 15) is 4.79 Å². The maximum absolute atomic E-state index is 11.7. The van der Waals surface area contributed by atoms with Crippen LogP contribution in [0.25, 0.3) is 55.3 Å². The Bertz CT molecular complexity index is 1570. The maximum Gasteiger partial charge on any atom is 0.169 e. The molecule has 0 unspecified atom stereocenters. The van der Waals surface area contributed by atoms with Gasteiger partial charge in [-0.15, -0.1) is 11.3 Å². The third kappa shape index (κ3) is 2.84. The summed E-state index contributed by atoms with van der Waals surface area (Å²) in [6, 6.07) is 7.69. The van der Waals surface area contributed by atoms with Crippen LogP contribution in [0.2, 0.25) is 0 Å². The van der Waals surface area contributed by atoms with Gasteiger partial charge >= 0.3 is 0 Å². The number of thiophene rings is 1. The first kappa shape index (κ1) is 17.7. The lowest BCUT2D eigenvalue weighted by molar-refractivity contribution is 0.102. The highest BCUT2D eigenvalue weighted by molar-refractivity contribution is 7.17. The van der Waals surface area contributed by atoms with E-state index in [1.807, 2.05) is 30.5 Å². The number of Topliss-reactive ketones (excluding diaryl/α,β-unsaturated/α-hetero) is 1. The first-order valence-electron chi connectivity index (χ1n) is 9.47. The Morgan fingerprint density at radius 3 is 2.81 bits per heavy atom. The highest BCUT2D eigenvalue weighted by atomic mass is 32.1. The van der Waals surface area contributed by atoms with Crippen LogP contribution in [0.4, 0.5) is 0 Å². The fraction of sp³-hybridized carbons (Fsp3) is 0.0476. The zero-order valence-corrected chi connectivity index (χ0v) is 17.0. The number of aromatic nitrogens is 8. The smallest absolute Gasteiger partial charge is 0.169 e. The van der Waals surface area contributed by atoms with Crippen molar-refractivity contribution in [3.63, 3.8) is 0 Å². The minimum atomic E-state index is 0.0492. The highest BCUT2D eigenvalue weighted by Gasteiger charge is 2.18. The summed E-state index contributed by atoms with van der Waals surface area (Å²) in [5.41, 5.74) is 5.49. The van der Waals surface area contributed by atoms with Crippen molar-refractivity contribution in [2.75, 3.05) is 0 Å². The summed E-state index contributed by atoms with van der Waals surface area (Å²) < 4.78 is 0. The van der Waals surface area contributed by atoms with Crippen LogP contribution in [-0.2, 0) is 0 Å². The van der Waals surface area contributed by atoms with Crippen LogP contribution < -0.4 is 0 Å². The van der Waals surface area contributed by atoms with Crippen molar-refractivity contribution in [1.29, 1.82) is 0 Å². The van der Waals surface area contributed by atoms with E-state index in [1.54, 1.807) is 25.5 Å². The van der Waals surface area contributed by atoms with Gasteiger partial charge in [-0.25, -0.2) is 15.0 Å². The number of hydrogen-bond acceptors (Lipinski definition) is 7. The first-order valence-corrected chi connectivity index (χ1v) is 10.3. The van der Waals surface area contributed by atoms with Crippen LogP contribution >= 0.6 is 11.3 Å². The molecule has 0 saturated heterocycles. The van der Waals surface area contributed by atoms with Crippen LogP contribution in [-0.4, -0.2) is 46.1 Å². The first-order chi connectivity index (χ1) is 15.2. The van der Waals surface area contributed by atoms with Gasteiger partial charge in [0.1, 0.15) is 11.2 Å². The quantitative estimate of drug-likeness (QED) is 0.362. The fourth-order valence-electron chi connectivity index (χ4n) is 3.54. The molecule has 31 heavy (non-hydrogen) atoms. The van der Waals surface area contributed by atoms with Gasteiger partial charge < -0.3 is 4.98 Å². The van der Waals surface area contributed by atoms with Gasteiger partial charge in [-0.3, -0.25) is 15.0 Å². The molecular weight excluding hydrogens is 412 g/mol. The van der Waals surface area contributed by atoms with Gasteiger partial charge in [0.15, 0.2) is 22.9 Å². The molecule has 0 atom stereocenters. The minimum Gasteiger partial charge on any atom is -0.321 e. The Labute approximate surface area is 178 Å². The minimum absolute atomic E-state index is 0.0492. The van der Waals surface area contributed by atoms with Crippen molar-refractivity contribution in [3.05, 3.63) is 53.9 Å². The highest BCUT2D eigenvalue weighted by Crippen LogP contribution is 2.34. The summed E-state index contributed by atoms with van der Waals surface area (Å²) in [6.45, 7) is 1.57. The molecular formula is C21H14N8OS. The molecule has 10 heteroatoms. The number of H-pyrrole nitrogens is 3. The molecule has 0 saturated carbocycles. The Kier molecular flexibility index (Phi) is 3.80. The van der Waals surface area contributed by atoms with Crippen molar-refractivity contribution < 1.29 is 4.79 Å². The molecule has 9 nitrogen and oxygen atoms in total. The third-order valence-electron chi connectivity index (χ3n) is 5.08. The average molecular weight is 426 g/mol. The van der Waals surface area contributed by atoms with E-state index in [2.05, 4.69) is 35.3 Å². The van der Waals surface area contributed by atoms with E-state index in [4.69, 9.17) is 4.98 Å². The van der Waals surface area contributed by atoms with E-state index >= 15 is 0 Å². The van der Waals surface area contributed by atoms with E-state index in [1.165, 1.54) is 11.3 Å². The number of carbonyl (C=O) groups excluding carboxylic acids is 1. The number of fused-ring (bicyclic) bond motifs is 2. The molecule has 0 aliphatic rings. The van der Waals surface area contributed by atoms with Crippen LogP contribution in [0, 0.1) is 0 Å². The second-order valence-corrected chi connectivity index (χ2v) is 8.12. The number of rotatable bonds is 4. The van der Waals surface area contributed by atoms with Gasteiger partial charge in [-0.2, -0.15) is 10.2 Å². The van der Waals surface area contributed by atoms with Gasteiger partial charge in [-0.1, -0.05) is 0 Å². The zero-order valence-electron chi connectivity index (χ0n) is 16.2. The Hall–Kier alpha value is -4.18. The number of ketones is 1. The fourth-order valence-corrected chi connectivity index (χ4v) is 4.47. The number of pyridine rings is 2. The number of aromatic amines is 3. The normalized spacial score (nSPS) is 11.5. The molecule has 0 aliphatic carbocycles. The van der Waals surface area contributed by atoms with E-state index in [-0.39, 0.29) is 5.78 Å². The van der Waals surface area contributed by atoms with Gasteiger partial charge in [0, 0.05) is 40.2 Å². The molecule has 0 fully saturated rings. The summed E-state index contributed by atoms with van der Waals surface area (Å²) in [4.78, 5) is 30.4. The lowest BCUT2D eigenvalue weighted by Gasteiger charge is -1.98. The SMILES string of the molecule is CC(=O)c1ccc(-c2ccnc3[nH]c(-c4n[nH]c5ncc(-c6cn[nH]c6)cc45)nc23)s1. The molecule has 0 radical (unpaired) electrons. The van der Waals surface area contributed by atoms with Crippen LogP contribution in [0.5, 0.6) is 0 Å². The molecule has 0 aromatic carbocycles. The van der Waals surface area contributed by atoms with Crippen LogP contribution in [0.15, 0.2) is 49.1 Å². The number of hydrogen-bond donors (Lipinski definition) is 3. The Morgan fingerprint density at radius 1 is 1.06 bits per heavy atom. The van der Waals surface area contributed by atoms with E-state index in [0.29, 0.717) is 27.7 Å². The van der Waals surface area contributed by atoms with Crippen molar-refractivity contribution in [3.8, 4) is 33.1 Å². The summed E-state index contributed by atoms with van der Waals surface area (Å²) in [5, 5.41) is 15.1. The van der Waals surface area contributed by atoms with Crippen molar-refractivity contribution in [2.45, 2.75) is 6.92 Å². The molecule has 150 valence electrons. The molecule has 6 heterocycles. The number of carbonyl (C=O) groups is 1. The predicted octanol–water partition coefficient (Wildman–Crippen LogP) is 4.22. The second-order valence-electron chi connectivity index (χ2n) is 7.04. The Morgan fingerprint density at radius 2 is 2.00 bits per heavy atom. The lowest BCUT2D eigenvalue weighted by atomic mass is 10.1. The van der Waals surface area contributed by atoms with Gasteiger partial charge in [0.25, 0.3) is 0 Å². The van der Waals surface area contributed by atoms with Crippen molar-refractivity contribution in [1.82, 2.24) is 40.3 Å². The van der Waals surface area contributed by atoms with E-state index in [0.717, 1.165) is 32.5 Å². The Balaban J connectivity index is 1.50. The van der Waals surface area contributed by atoms with Crippen LogP contribution in [0.1, 0.15) is 16.6 Å². The van der Waals surface area contributed by atoms with Crippen molar-refractivity contribution >= 4 is 39.3 Å². The monoisotopic (exact) mass is 426 g/mol. The molecule has 6 rings (SSSR count). The number of imidazole rings is 1. The molecule has 0 spiro atoms. The van der Waals surface area contributed by atoms with Gasteiger partial charge in [0.2, 0.25) is 0 Å². The molecule has 0 bridgehead atoms. The largest absolute Gasteiger partial charge is 0.321 e. The summed E-state index contributed by atoms with van der Waals surface area (Å²) in [7, 11) is 0. The zero-order chi connectivity index (χ0) is 20.9. The third-order valence-corrected chi connectivity index (χ3v) is 6.29. The number of nitrogens with zero attached hydrogens (tertiary/aromatic N) is 5. The molecule has 6 aromatic heterocycles. The van der Waals surface area contributed by atoms with E-state index < -0.39 is 0 Å². The number of nitrogens with one attached hydrogen (secondary N) is 3. The van der Waals surface area contributed by atoms with Crippen LogP contribution in [0.3, 0.4) is 0 Å². The maximum atomic E-state index is 11.7. The average Bonchev–Trinajstić information content (AvgIpc) is 3.58. The molecule has 6 aromatic rings. The summed E-state index contributed by atoms with van der Waals surface area (Å²) >= 11 is 1.45. The standard InChI is InChI=1S/C21H14N8OS/c1-10(30)15-2-3-16(31-15)13-4-5-22-20-17(13)26-21(27-20)18-14-6-11(12-8-24-25-9-12)7-23-19(14)29-28-18/h2-9H,1H3,(H,24,25)(H,22,26,27)(H,23,28,29). The topological polar surface area (TPSA) is 129 Å². The van der Waals surface area contributed by atoms with Gasteiger partial charge in [0.05, 0.1) is 16.5 Å². The predicted molar refractivity (Wildman–Crippen MR) is 118 cm³/mol. The lowest BCUT2D eigenvalue weighted by Crippen LogP contribution is -1.84. The second kappa shape index (κ2) is 6.67. The van der Waals surface area contributed by atoms with Crippen molar-refractivity contribution in [2.24, 2.45) is 0 Å². The molecule has 0 aliphatic heterocycles. The summed E-state index contributed by atoms with van der Waals surface area (Å²) in [6.07, 6.45) is 7.07. The molecule has 3 N–H and O–H groups in total. The summed E-state index contributed by atoms with van der Waals surface area (Å²) in [5.74, 6) is 0.642. The van der Waals surface area contributed by atoms with Gasteiger partial charge in [-0.05, 0) is 31.2 Å². The molecule has 0 amide bonds.